The Morgan fingerprint density at radius 3 is 2.05 bits per heavy atom. The molecule has 0 fully saturated rings. The van der Waals surface area contributed by atoms with Gasteiger partial charge in [-0.1, -0.05) is 60.7 Å². The fourth-order valence-corrected chi connectivity index (χ4v) is 2.87. The molecular formula is C18H14OS2. The van der Waals surface area contributed by atoms with Crippen LogP contribution in [0.1, 0.15) is 5.56 Å². The first kappa shape index (κ1) is 14.1. The average molecular weight is 310 g/mol. The molecule has 21 heavy (non-hydrogen) atoms. The van der Waals surface area contributed by atoms with Crippen LogP contribution in [0.15, 0.2) is 60.7 Å². The van der Waals surface area contributed by atoms with E-state index in [9.17, 15) is 5.11 Å². The Hall–Kier alpha value is -1.84. The Morgan fingerprint density at radius 2 is 1.52 bits per heavy atom. The Bertz CT molecular complexity index is 811. The molecule has 3 aromatic rings. The number of thioether (sulfide) groups is 1. The molecule has 0 saturated carbocycles. The van der Waals surface area contributed by atoms with E-state index in [1.807, 2.05) is 42.7 Å². The molecule has 0 aliphatic heterocycles. The van der Waals surface area contributed by atoms with Gasteiger partial charge < -0.3 is 5.11 Å². The van der Waals surface area contributed by atoms with E-state index in [0.717, 1.165) is 27.1 Å². The fraction of sp³-hybridized carbons (Fsp3) is 0.0556. The summed E-state index contributed by atoms with van der Waals surface area (Å²) in [6.07, 6.45) is 3.57. The zero-order chi connectivity index (χ0) is 14.8. The molecule has 3 rings (SSSR count). The van der Waals surface area contributed by atoms with Gasteiger partial charge in [-0.2, -0.15) is 0 Å². The molecule has 104 valence electrons. The van der Waals surface area contributed by atoms with Crippen molar-refractivity contribution in [1.82, 2.24) is 0 Å². The van der Waals surface area contributed by atoms with E-state index in [0.29, 0.717) is 4.20 Å². The van der Waals surface area contributed by atoms with E-state index in [-0.39, 0.29) is 5.76 Å². The van der Waals surface area contributed by atoms with Gasteiger partial charge in [0.2, 0.25) is 0 Å². The molecule has 0 radical (unpaired) electrons. The summed E-state index contributed by atoms with van der Waals surface area (Å²) in [4.78, 5) is 0. The topological polar surface area (TPSA) is 20.2 Å². The first-order valence-electron chi connectivity index (χ1n) is 6.60. The summed E-state index contributed by atoms with van der Waals surface area (Å²) in [5, 5.41) is 14.9. The summed E-state index contributed by atoms with van der Waals surface area (Å²) in [5.41, 5.74) is 0.847. The molecule has 1 N–H and O–H groups in total. The lowest BCUT2D eigenvalue weighted by Gasteiger charge is -2.11. The minimum Gasteiger partial charge on any atom is -0.507 e. The molecule has 0 bridgehead atoms. The molecule has 0 amide bonds. The van der Waals surface area contributed by atoms with Crippen LogP contribution >= 0.6 is 24.0 Å². The van der Waals surface area contributed by atoms with Crippen LogP contribution in [0.2, 0.25) is 0 Å². The highest BCUT2D eigenvalue weighted by Gasteiger charge is 2.11. The maximum absolute atomic E-state index is 10.6. The van der Waals surface area contributed by atoms with Gasteiger partial charge in [-0.05, 0) is 33.9 Å². The summed E-state index contributed by atoms with van der Waals surface area (Å²) in [6, 6.07) is 18.3. The molecule has 0 atom stereocenters. The van der Waals surface area contributed by atoms with Crippen LogP contribution in [0.25, 0.3) is 27.3 Å². The van der Waals surface area contributed by atoms with E-state index in [4.69, 9.17) is 12.2 Å². The molecule has 0 unspecified atom stereocenters. The predicted molar refractivity (Wildman–Crippen MR) is 98.2 cm³/mol. The van der Waals surface area contributed by atoms with Gasteiger partial charge in [0.05, 0.1) is 4.20 Å². The number of fused-ring (bicyclic) bond motifs is 2. The Labute approximate surface area is 133 Å². The second-order valence-corrected chi connectivity index (χ2v) is 6.29. The van der Waals surface area contributed by atoms with Crippen LogP contribution in [0.3, 0.4) is 0 Å². The van der Waals surface area contributed by atoms with Crippen molar-refractivity contribution in [3.8, 4) is 0 Å². The van der Waals surface area contributed by atoms with Crippen molar-refractivity contribution in [2.45, 2.75) is 0 Å². The van der Waals surface area contributed by atoms with E-state index in [2.05, 4.69) is 18.2 Å². The summed E-state index contributed by atoms with van der Waals surface area (Å²) in [5.74, 6) is 0.224. The fourth-order valence-electron chi connectivity index (χ4n) is 2.53. The molecule has 3 heteroatoms. The maximum Gasteiger partial charge on any atom is 0.126 e. The highest BCUT2D eigenvalue weighted by atomic mass is 32.2. The number of benzene rings is 3. The van der Waals surface area contributed by atoms with Crippen molar-refractivity contribution in [3.63, 3.8) is 0 Å². The second-order valence-electron chi connectivity index (χ2n) is 4.75. The number of aliphatic hydroxyl groups excluding tert-OH is 1. The minimum absolute atomic E-state index is 0.224. The summed E-state index contributed by atoms with van der Waals surface area (Å²) < 4.78 is 0.671. The van der Waals surface area contributed by atoms with E-state index in [1.54, 1.807) is 6.08 Å². The molecular weight excluding hydrogens is 296 g/mol. The number of hydrogen-bond donors (Lipinski definition) is 1. The molecule has 0 aliphatic carbocycles. The number of rotatable bonds is 2. The third kappa shape index (κ3) is 2.67. The highest BCUT2D eigenvalue weighted by molar-refractivity contribution is 8.23. The van der Waals surface area contributed by atoms with Crippen molar-refractivity contribution in [2.24, 2.45) is 0 Å². The van der Waals surface area contributed by atoms with Crippen LogP contribution in [-0.2, 0) is 0 Å². The van der Waals surface area contributed by atoms with Crippen molar-refractivity contribution in [2.75, 3.05) is 6.26 Å². The molecule has 0 aliphatic rings. The normalized spacial score (nSPS) is 12.0. The lowest BCUT2D eigenvalue weighted by molar-refractivity contribution is 0.514. The van der Waals surface area contributed by atoms with Crippen molar-refractivity contribution in [1.29, 1.82) is 0 Å². The van der Waals surface area contributed by atoms with E-state index >= 15 is 0 Å². The van der Waals surface area contributed by atoms with Crippen LogP contribution in [0.4, 0.5) is 0 Å². The Kier molecular flexibility index (Phi) is 3.95. The van der Waals surface area contributed by atoms with Gasteiger partial charge in [-0.3, -0.25) is 0 Å². The van der Waals surface area contributed by atoms with Gasteiger partial charge in [0.1, 0.15) is 5.76 Å². The smallest absolute Gasteiger partial charge is 0.126 e. The second kappa shape index (κ2) is 5.88. The lowest BCUT2D eigenvalue weighted by Crippen LogP contribution is -1.91. The van der Waals surface area contributed by atoms with E-state index in [1.165, 1.54) is 11.8 Å². The summed E-state index contributed by atoms with van der Waals surface area (Å²) in [6.45, 7) is 0. The third-order valence-electron chi connectivity index (χ3n) is 3.48. The zero-order valence-corrected chi connectivity index (χ0v) is 13.2. The highest BCUT2D eigenvalue weighted by Crippen LogP contribution is 2.32. The summed E-state index contributed by atoms with van der Waals surface area (Å²) in [7, 11) is 0. The van der Waals surface area contributed by atoms with Crippen LogP contribution < -0.4 is 0 Å². The average Bonchev–Trinajstić information content (AvgIpc) is 2.52. The predicted octanol–water partition coefficient (Wildman–Crippen LogP) is 5.58. The van der Waals surface area contributed by atoms with Crippen LogP contribution in [0, 0.1) is 0 Å². The third-order valence-corrected chi connectivity index (χ3v) is 4.62. The lowest BCUT2D eigenvalue weighted by atomic mass is 9.95. The minimum atomic E-state index is 0.224. The van der Waals surface area contributed by atoms with Gasteiger partial charge in [-0.15, -0.1) is 11.8 Å². The standard InChI is InChI=1S/C18H14OS2/c1-21-17(20)11-16(19)18-14-8-4-2-6-12(14)10-13-7-3-5-9-15(13)18/h2-11,19H,1H3/b16-11-. The largest absolute Gasteiger partial charge is 0.507 e. The van der Waals surface area contributed by atoms with Crippen LogP contribution in [-0.4, -0.2) is 15.6 Å². The quantitative estimate of drug-likeness (QED) is 0.289. The van der Waals surface area contributed by atoms with Crippen molar-refractivity contribution < 1.29 is 5.11 Å². The van der Waals surface area contributed by atoms with Crippen molar-refractivity contribution in [3.05, 3.63) is 66.2 Å². The molecule has 0 spiro atoms. The van der Waals surface area contributed by atoms with Crippen LogP contribution in [0.5, 0.6) is 0 Å². The molecule has 0 heterocycles. The SMILES string of the molecule is CSC(=S)/C=C(\O)c1c2ccccc2cc2ccccc12. The van der Waals surface area contributed by atoms with Gasteiger partial charge in [-0.25, -0.2) is 0 Å². The van der Waals surface area contributed by atoms with E-state index < -0.39 is 0 Å². The van der Waals surface area contributed by atoms with Gasteiger partial charge in [0, 0.05) is 11.6 Å². The van der Waals surface area contributed by atoms with Gasteiger partial charge in [0.15, 0.2) is 0 Å². The molecule has 3 aromatic carbocycles. The van der Waals surface area contributed by atoms with Gasteiger partial charge in [0.25, 0.3) is 0 Å². The zero-order valence-electron chi connectivity index (χ0n) is 11.5. The molecule has 0 saturated heterocycles. The first-order valence-corrected chi connectivity index (χ1v) is 8.23. The maximum atomic E-state index is 10.6. The first-order chi connectivity index (χ1) is 10.2. The summed E-state index contributed by atoms with van der Waals surface area (Å²) >= 11 is 6.66. The number of aliphatic hydroxyl groups is 1. The Morgan fingerprint density at radius 1 is 1.00 bits per heavy atom. The van der Waals surface area contributed by atoms with Crippen molar-refractivity contribution >= 4 is 55.5 Å². The Balaban J connectivity index is 2.40. The molecule has 1 nitrogen and oxygen atoms in total. The number of hydrogen-bond acceptors (Lipinski definition) is 3. The van der Waals surface area contributed by atoms with Gasteiger partial charge >= 0.3 is 0 Å². The number of thiocarbonyl (C=S) groups is 1. The monoisotopic (exact) mass is 310 g/mol. The molecule has 0 aromatic heterocycles.